The predicted octanol–water partition coefficient (Wildman–Crippen LogP) is 1.74. The molecule has 1 saturated heterocycles. The van der Waals surface area contributed by atoms with E-state index >= 15 is 0 Å². The van der Waals surface area contributed by atoms with Gasteiger partial charge in [0.25, 0.3) is 0 Å². The van der Waals surface area contributed by atoms with Gasteiger partial charge in [-0.15, -0.1) is 0 Å². The van der Waals surface area contributed by atoms with Gasteiger partial charge in [0.15, 0.2) is 0 Å². The summed E-state index contributed by atoms with van der Waals surface area (Å²) in [6.45, 7) is 0. The average Bonchev–Trinajstić information content (AvgIpc) is 2.61. The second-order valence-electron chi connectivity index (χ2n) is 3.69. The first-order valence-electron chi connectivity index (χ1n) is 4.84. The first kappa shape index (κ1) is 9.17. The van der Waals surface area contributed by atoms with E-state index in [1.54, 1.807) is 6.20 Å². The molecule has 0 amide bonds. The van der Waals surface area contributed by atoms with Gasteiger partial charge in [-0.25, -0.2) is 0 Å². The molecule has 3 heteroatoms. The van der Waals surface area contributed by atoms with E-state index in [4.69, 9.17) is 5.26 Å². The van der Waals surface area contributed by atoms with Gasteiger partial charge in [-0.2, -0.15) is 5.26 Å². The fourth-order valence-electron chi connectivity index (χ4n) is 2.07. The molecule has 0 saturated carbocycles. The standard InChI is InChI=1S/C11H13N3/c1-14-10(7-12)4-5-11(14)9-3-2-6-13-8-9/h2-3,6,8,10-11H,4-5H2,1H3/t10-,11-/m0/s1. The Morgan fingerprint density at radius 1 is 1.57 bits per heavy atom. The van der Waals surface area contributed by atoms with Crippen LogP contribution in [-0.4, -0.2) is 23.0 Å². The summed E-state index contributed by atoms with van der Waals surface area (Å²) < 4.78 is 0. The van der Waals surface area contributed by atoms with Gasteiger partial charge in [-0.05, 0) is 31.5 Å². The number of aromatic nitrogens is 1. The van der Waals surface area contributed by atoms with Crippen LogP contribution in [0.2, 0.25) is 0 Å². The Hall–Kier alpha value is -1.40. The molecule has 0 radical (unpaired) electrons. The van der Waals surface area contributed by atoms with Crippen LogP contribution < -0.4 is 0 Å². The fraction of sp³-hybridized carbons (Fsp3) is 0.455. The molecule has 2 heterocycles. The number of likely N-dealkylation sites (tertiary alicyclic amines) is 1. The zero-order valence-electron chi connectivity index (χ0n) is 8.22. The van der Waals surface area contributed by atoms with Crippen LogP contribution in [0.4, 0.5) is 0 Å². The van der Waals surface area contributed by atoms with E-state index in [2.05, 4.69) is 22.0 Å². The quantitative estimate of drug-likeness (QED) is 0.672. The summed E-state index contributed by atoms with van der Waals surface area (Å²) in [6, 6.07) is 6.78. The van der Waals surface area contributed by atoms with Crippen molar-refractivity contribution in [1.29, 1.82) is 5.26 Å². The van der Waals surface area contributed by atoms with E-state index < -0.39 is 0 Å². The van der Waals surface area contributed by atoms with Crippen LogP contribution in [0.15, 0.2) is 24.5 Å². The van der Waals surface area contributed by atoms with E-state index in [-0.39, 0.29) is 6.04 Å². The SMILES string of the molecule is CN1[C@H](C#N)CC[C@H]1c1cccnc1. The van der Waals surface area contributed by atoms with Crippen molar-refractivity contribution in [2.24, 2.45) is 0 Å². The predicted molar refractivity (Wildman–Crippen MR) is 53.4 cm³/mol. The Balaban J connectivity index is 2.19. The molecule has 0 aromatic carbocycles. The molecule has 3 nitrogen and oxygen atoms in total. The average molecular weight is 187 g/mol. The first-order chi connectivity index (χ1) is 6.83. The molecule has 2 rings (SSSR count). The summed E-state index contributed by atoms with van der Waals surface area (Å²) >= 11 is 0. The molecule has 1 aliphatic heterocycles. The van der Waals surface area contributed by atoms with Crippen molar-refractivity contribution in [2.45, 2.75) is 24.9 Å². The molecule has 0 aliphatic carbocycles. The third-order valence-electron chi connectivity index (χ3n) is 2.91. The van der Waals surface area contributed by atoms with E-state index in [1.807, 2.05) is 19.3 Å². The highest BCUT2D eigenvalue weighted by atomic mass is 15.2. The second kappa shape index (κ2) is 3.77. The molecule has 0 unspecified atom stereocenters. The minimum absolute atomic E-state index is 0.0696. The zero-order valence-corrected chi connectivity index (χ0v) is 8.22. The zero-order chi connectivity index (χ0) is 9.97. The first-order valence-corrected chi connectivity index (χ1v) is 4.84. The van der Waals surface area contributed by atoms with Gasteiger partial charge in [0.05, 0.1) is 12.1 Å². The normalized spacial score (nSPS) is 27.4. The number of nitrogens with zero attached hydrogens (tertiary/aromatic N) is 3. The van der Waals surface area contributed by atoms with E-state index in [0.717, 1.165) is 12.8 Å². The van der Waals surface area contributed by atoms with Crippen molar-refractivity contribution in [3.05, 3.63) is 30.1 Å². The van der Waals surface area contributed by atoms with Gasteiger partial charge < -0.3 is 0 Å². The molecule has 14 heavy (non-hydrogen) atoms. The van der Waals surface area contributed by atoms with Crippen LogP contribution in [-0.2, 0) is 0 Å². The number of hydrogen-bond acceptors (Lipinski definition) is 3. The number of rotatable bonds is 1. The van der Waals surface area contributed by atoms with Crippen LogP contribution in [0.25, 0.3) is 0 Å². The smallest absolute Gasteiger partial charge is 0.0981 e. The van der Waals surface area contributed by atoms with Crippen LogP contribution >= 0.6 is 0 Å². The maximum absolute atomic E-state index is 8.89. The number of hydrogen-bond donors (Lipinski definition) is 0. The summed E-state index contributed by atoms with van der Waals surface area (Å²) in [5, 5.41) is 8.89. The molecule has 0 bridgehead atoms. The van der Waals surface area contributed by atoms with Crippen LogP contribution in [0.5, 0.6) is 0 Å². The lowest BCUT2D eigenvalue weighted by molar-refractivity contribution is 0.279. The summed E-state index contributed by atoms with van der Waals surface area (Å²) in [6.07, 6.45) is 5.69. The number of nitriles is 1. The maximum atomic E-state index is 8.89. The number of pyridine rings is 1. The summed E-state index contributed by atoms with van der Waals surface area (Å²) in [4.78, 5) is 6.24. The van der Waals surface area contributed by atoms with Crippen LogP contribution in [0.3, 0.4) is 0 Å². The molecule has 1 aliphatic rings. The van der Waals surface area contributed by atoms with Gasteiger partial charge in [0.1, 0.15) is 0 Å². The Morgan fingerprint density at radius 3 is 3.00 bits per heavy atom. The van der Waals surface area contributed by atoms with Gasteiger partial charge >= 0.3 is 0 Å². The summed E-state index contributed by atoms with van der Waals surface area (Å²) in [5.41, 5.74) is 1.22. The summed E-state index contributed by atoms with van der Waals surface area (Å²) in [5.74, 6) is 0. The third kappa shape index (κ3) is 1.49. The molecular formula is C11H13N3. The Kier molecular flexibility index (Phi) is 2.47. The third-order valence-corrected chi connectivity index (χ3v) is 2.91. The lowest BCUT2D eigenvalue weighted by Gasteiger charge is -2.21. The van der Waals surface area contributed by atoms with E-state index in [9.17, 15) is 0 Å². The van der Waals surface area contributed by atoms with Crippen molar-refractivity contribution >= 4 is 0 Å². The van der Waals surface area contributed by atoms with Crippen LogP contribution in [0, 0.1) is 11.3 Å². The molecular weight excluding hydrogens is 174 g/mol. The monoisotopic (exact) mass is 187 g/mol. The van der Waals surface area contributed by atoms with Crippen molar-refractivity contribution in [2.75, 3.05) is 7.05 Å². The van der Waals surface area contributed by atoms with Crippen molar-refractivity contribution < 1.29 is 0 Å². The molecule has 72 valence electrons. The molecule has 2 atom stereocenters. The van der Waals surface area contributed by atoms with Gasteiger partial charge in [0, 0.05) is 18.4 Å². The second-order valence-corrected chi connectivity index (χ2v) is 3.69. The maximum Gasteiger partial charge on any atom is 0.0981 e. The van der Waals surface area contributed by atoms with E-state index in [1.165, 1.54) is 5.56 Å². The fourth-order valence-corrected chi connectivity index (χ4v) is 2.07. The van der Waals surface area contributed by atoms with Crippen molar-refractivity contribution in [3.63, 3.8) is 0 Å². The largest absolute Gasteiger partial charge is 0.284 e. The molecule has 0 N–H and O–H groups in total. The molecule has 0 spiro atoms. The Bertz CT molecular complexity index is 341. The topological polar surface area (TPSA) is 39.9 Å². The van der Waals surface area contributed by atoms with Crippen molar-refractivity contribution in [1.82, 2.24) is 9.88 Å². The minimum atomic E-state index is 0.0696. The van der Waals surface area contributed by atoms with Gasteiger partial charge in [-0.1, -0.05) is 6.07 Å². The highest BCUT2D eigenvalue weighted by molar-refractivity contribution is 5.17. The molecule has 1 aromatic rings. The lowest BCUT2D eigenvalue weighted by atomic mass is 10.1. The van der Waals surface area contributed by atoms with Gasteiger partial charge in [0.2, 0.25) is 0 Å². The molecule has 1 fully saturated rings. The Labute approximate surface area is 84.0 Å². The Morgan fingerprint density at radius 2 is 2.43 bits per heavy atom. The lowest BCUT2D eigenvalue weighted by Crippen LogP contribution is -2.25. The molecule has 1 aromatic heterocycles. The van der Waals surface area contributed by atoms with E-state index in [0.29, 0.717) is 6.04 Å². The van der Waals surface area contributed by atoms with Crippen LogP contribution in [0.1, 0.15) is 24.4 Å². The highest BCUT2D eigenvalue weighted by Gasteiger charge is 2.31. The summed E-state index contributed by atoms with van der Waals surface area (Å²) in [7, 11) is 2.01. The highest BCUT2D eigenvalue weighted by Crippen LogP contribution is 2.33. The minimum Gasteiger partial charge on any atom is -0.284 e. The van der Waals surface area contributed by atoms with Crippen molar-refractivity contribution in [3.8, 4) is 6.07 Å². The van der Waals surface area contributed by atoms with Gasteiger partial charge in [-0.3, -0.25) is 9.88 Å².